The maximum Gasteiger partial charge on any atom is 0.258 e. The molecule has 2 N–H and O–H groups in total. The van der Waals surface area contributed by atoms with Gasteiger partial charge in [-0.3, -0.25) is 4.79 Å². The van der Waals surface area contributed by atoms with Crippen molar-refractivity contribution in [2.24, 2.45) is 0 Å². The van der Waals surface area contributed by atoms with E-state index in [2.05, 4.69) is 17.6 Å². The summed E-state index contributed by atoms with van der Waals surface area (Å²) in [7, 11) is 0. The predicted molar refractivity (Wildman–Crippen MR) is 100 cm³/mol. The molecule has 1 aromatic rings. The minimum absolute atomic E-state index is 0.0482. The Bertz CT molecular complexity index is 464. The lowest BCUT2D eigenvalue weighted by Crippen LogP contribution is -2.43. The van der Waals surface area contributed by atoms with Crippen molar-refractivity contribution in [1.82, 2.24) is 10.6 Å². The van der Waals surface area contributed by atoms with Gasteiger partial charge in [0, 0.05) is 12.1 Å². The van der Waals surface area contributed by atoms with Crippen LogP contribution in [-0.2, 0) is 11.3 Å². The second-order valence-electron chi connectivity index (χ2n) is 7.32. The highest BCUT2D eigenvalue weighted by Gasteiger charge is 2.13. The number of rotatable bonds is 11. The third kappa shape index (κ3) is 10.3. The Balaban J connectivity index is 2.20. The SMILES string of the molecule is CCCCCCCNCc1ccc(OCC(=O)NC(C)(C)C)cc1. The Kier molecular flexibility index (Phi) is 9.46. The fourth-order valence-corrected chi connectivity index (χ4v) is 2.39. The van der Waals surface area contributed by atoms with Gasteiger partial charge in [0.2, 0.25) is 0 Å². The molecule has 0 aromatic heterocycles. The molecule has 1 rings (SSSR count). The zero-order chi connectivity index (χ0) is 17.8. The topological polar surface area (TPSA) is 50.4 Å². The van der Waals surface area contributed by atoms with Crippen molar-refractivity contribution >= 4 is 5.91 Å². The Morgan fingerprint density at radius 1 is 1.04 bits per heavy atom. The van der Waals surface area contributed by atoms with E-state index in [0.717, 1.165) is 18.8 Å². The van der Waals surface area contributed by atoms with Crippen LogP contribution in [0.4, 0.5) is 0 Å². The summed E-state index contributed by atoms with van der Waals surface area (Å²) in [4.78, 5) is 11.7. The number of carbonyl (C=O) groups is 1. The molecule has 0 saturated carbocycles. The number of unbranched alkanes of at least 4 members (excludes halogenated alkanes) is 4. The lowest BCUT2D eigenvalue weighted by Gasteiger charge is -2.20. The Labute approximate surface area is 147 Å². The zero-order valence-corrected chi connectivity index (χ0v) is 15.8. The lowest BCUT2D eigenvalue weighted by molar-refractivity contribution is -0.124. The summed E-state index contributed by atoms with van der Waals surface area (Å²) >= 11 is 0. The number of carbonyl (C=O) groups excluding carboxylic acids is 1. The van der Waals surface area contributed by atoms with Crippen LogP contribution in [0.1, 0.15) is 65.4 Å². The van der Waals surface area contributed by atoms with Gasteiger partial charge in [-0.05, 0) is 51.4 Å². The molecule has 1 aromatic carbocycles. The first kappa shape index (κ1) is 20.5. The van der Waals surface area contributed by atoms with Gasteiger partial charge in [0.1, 0.15) is 5.75 Å². The zero-order valence-electron chi connectivity index (χ0n) is 15.8. The van der Waals surface area contributed by atoms with Crippen molar-refractivity contribution < 1.29 is 9.53 Å². The molecule has 0 aliphatic carbocycles. The summed E-state index contributed by atoms with van der Waals surface area (Å²) < 4.78 is 5.52. The molecule has 0 fully saturated rings. The molecule has 136 valence electrons. The minimum Gasteiger partial charge on any atom is -0.484 e. The van der Waals surface area contributed by atoms with Crippen molar-refractivity contribution in [2.45, 2.75) is 71.9 Å². The van der Waals surface area contributed by atoms with Crippen LogP contribution < -0.4 is 15.4 Å². The van der Waals surface area contributed by atoms with E-state index in [4.69, 9.17) is 4.74 Å². The average molecular weight is 335 g/mol. The first-order valence-electron chi connectivity index (χ1n) is 9.14. The number of benzene rings is 1. The van der Waals surface area contributed by atoms with Crippen molar-refractivity contribution in [2.75, 3.05) is 13.2 Å². The van der Waals surface area contributed by atoms with Crippen molar-refractivity contribution in [3.8, 4) is 5.75 Å². The van der Waals surface area contributed by atoms with E-state index in [-0.39, 0.29) is 18.1 Å². The van der Waals surface area contributed by atoms with Crippen LogP contribution in [0.5, 0.6) is 5.75 Å². The molecule has 0 unspecified atom stereocenters. The number of hydrogen-bond acceptors (Lipinski definition) is 3. The quantitative estimate of drug-likeness (QED) is 0.601. The second kappa shape index (κ2) is 11.1. The molecule has 0 heterocycles. The van der Waals surface area contributed by atoms with Crippen LogP contribution in [0.2, 0.25) is 0 Å². The fourth-order valence-electron chi connectivity index (χ4n) is 2.39. The summed E-state index contributed by atoms with van der Waals surface area (Å²) in [5.41, 5.74) is 1.00. The molecule has 0 aliphatic rings. The van der Waals surface area contributed by atoms with E-state index in [1.54, 1.807) is 0 Å². The molecule has 0 bridgehead atoms. The minimum atomic E-state index is -0.230. The van der Waals surface area contributed by atoms with Crippen LogP contribution >= 0.6 is 0 Å². The van der Waals surface area contributed by atoms with Gasteiger partial charge in [-0.1, -0.05) is 44.7 Å². The maximum absolute atomic E-state index is 11.7. The third-order valence-corrected chi connectivity index (χ3v) is 3.59. The van der Waals surface area contributed by atoms with Crippen LogP contribution in [0, 0.1) is 0 Å². The standard InChI is InChI=1S/C20H34N2O2/c1-5-6-7-8-9-14-21-15-17-10-12-18(13-11-17)24-16-19(23)22-20(2,3)4/h10-13,21H,5-9,14-16H2,1-4H3,(H,22,23). The van der Waals surface area contributed by atoms with Crippen LogP contribution in [0.3, 0.4) is 0 Å². The number of hydrogen-bond donors (Lipinski definition) is 2. The van der Waals surface area contributed by atoms with Gasteiger partial charge in [-0.25, -0.2) is 0 Å². The van der Waals surface area contributed by atoms with Gasteiger partial charge in [-0.2, -0.15) is 0 Å². The normalized spacial score (nSPS) is 11.3. The predicted octanol–water partition coefficient (Wildman–Crippen LogP) is 4.04. The third-order valence-electron chi connectivity index (χ3n) is 3.59. The molecule has 24 heavy (non-hydrogen) atoms. The highest BCUT2D eigenvalue weighted by molar-refractivity contribution is 5.78. The first-order valence-corrected chi connectivity index (χ1v) is 9.14. The molecule has 1 amide bonds. The fraction of sp³-hybridized carbons (Fsp3) is 0.650. The summed E-state index contributed by atoms with van der Waals surface area (Å²) in [5.74, 6) is 0.624. The van der Waals surface area contributed by atoms with Gasteiger partial charge in [-0.15, -0.1) is 0 Å². The van der Waals surface area contributed by atoms with Crippen LogP contribution in [-0.4, -0.2) is 24.6 Å². The first-order chi connectivity index (χ1) is 11.4. The average Bonchev–Trinajstić information content (AvgIpc) is 2.51. The molecule has 0 radical (unpaired) electrons. The molecular weight excluding hydrogens is 300 g/mol. The highest BCUT2D eigenvalue weighted by Crippen LogP contribution is 2.12. The number of ether oxygens (including phenoxy) is 1. The van der Waals surface area contributed by atoms with Crippen molar-refractivity contribution in [3.63, 3.8) is 0 Å². The van der Waals surface area contributed by atoms with Crippen molar-refractivity contribution in [1.29, 1.82) is 0 Å². The van der Waals surface area contributed by atoms with Crippen LogP contribution in [0.25, 0.3) is 0 Å². The summed E-state index contributed by atoms with van der Waals surface area (Å²) in [6, 6.07) is 7.92. The van der Waals surface area contributed by atoms with E-state index in [9.17, 15) is 4.79 Å². The van der Waals surface area contributed by atoms with Crippen LogP contribution in [0.15, 0.2) is 24.3 Å². The number of amides is 1. The molecule has 4 nitrogen and oxygen atoms in total. The van der Waals surface area contributed by atoms with E-state index in [1.807, 2.05) is 45.0 Å². The Morgan fingerprint density at radius 2 is 1.71 bits per heavy atom. The van der Waals surface area contributed by atoms with Gasteiger partial charge >= 0.3 is 0 Å². The van der Waals surface area contributed by atoms with E-state index in [1.165, 1.54) is 37.7 Å². The largest absolute Gasteiger partial charge is 0.484 e. The van der Waals surface area contributed by atoms with Gasteiger partial charge < -0.3 is 15.4 Å². The summed E-state index contributed by atoms with van der Waals surface area (Å²) in [6.07, 6.45) is 6.52. The Morgan fingerprint density at radius 3 is 2.33 bits per heavy atom. The van der Waals surface area contributed by atoms with E-state index < -0.39 is 0 Å². The molecule has 0 atom stereocenters. The Hall–Kier alpha value is -1.55. The summed E-state index contributed by atoms with van der Waals surface area (Å²) in [6.45, 7) is 10.1. The highest BCUT2D eigenvalue weighted by atomic mass is 16.5. The van der Waals surface area contributed by atoms with E-state index >= 15 is 0 Å². The lowest BCUT2D eigenvalue weighted by atomic mass is 10.1. The van der Waals surface area contributed by atoms with Gasteiger partial charge in [0.25, 0.3) is 5.91 Å². The molecule has 0 aliphatic heterocycles. The molecular formula is C20H34N2O2. The molecule has 0 saturated heterocycles. The monoisotopic (exact) mass is 334 g/mol. The van der Waals surface area contributed by atoms with Crippen molar-refractivity contribution in [3.05, 3.63) is 29.8 Å². The summed E-state index contributed by atoms with van der Waals surface area (Å²) in [5, 5.41) is 6.35. The van der Waals surface area contributed by atoms with E-state index in [0.29, 0.717) is 0 Å². The maximum atomic E-state index is 11.7. The van der Waals surface area contributed by atoms with Gasteiger partial charge in [0.15, 0.2) is 6.61 Å². The van der Waals surface area contributed by atoms with Gasteiger partial charge in [0.05, 0.1) is 0 Å². The second-order valence-corrected chi connectivity index (χ2v) is 7.32. The smallest absolute Gasteiger partial charge is 0.258 e. The number of nitrogens with one attached hydrogen (secondary N) is 2. The molecule has 0 spiro atoms. The molecule has 4 heteroatoms.